The Labute approximate surface area is 198 Å². The second-order valence-electron chi connectivity index (χ2n) is 8.15. The molecule has 0 aliphatic carbocycles. The Morgan fingerprint density at radius 1 is 0.824 bits per heavy atom. The molecule has 0 aromatic heterocycles. The molecule has 0 atom stereocenters. The Kier molecular flexibility index (Phi) is 7.75. The van der Waals surface area contributed by atoms with Gasteiger partial charge < -0.3 is 19.9 Å². The molecular formula is C27H28FN3O3. The van der Waals surface area contributed by atoms with Crippen molar-refractivity contribution in [1.82, 2.24) is 10.2 Å². The number of alkyl halides is 1. The lowest BCUT2D eigenvalue weighted by molar-refractivity contribution is -0.130. The molecule has 1 heterocycles. The maximum atomic E-state index is 12.6. The van der Waals surface area contributed by atoms with E-state index in [1.54, 1.807) is 29.2 Å². The first-order valence-corrected chi connectivity index (χ1v) is 11.3. The topological polar surface area (TPSA) is 61.9 Å². The van der Waals surface area contributed by atoms with E-state index in [0.29, 0.717) is 43.9 Å². The molecule has 2 amide bonds. The number of amides is 2. The normalized spacial score (nSPS) is 13.4. The number of nitrogens with one attached hydrogen (secondary N) is 1. The Morgan fingerprint density at radius 2 is 1.50 bits per heavy atom. The van der Waals surface area contributed by atoms with Crippen LogP contribution in [0.5, 0.6) is 5.75 Å². The van der Waals surface area contributed by atoms with Crippen LogP contribution in [0.4, 0.5) is 10.1 Å². The highest BCUT2D eigenvalue weighted by Gasteiger charge is 2.21. The van der Waals surface area contributed by atoms with Crippen molar-refractivity contribution in [2.45, 2.75) is 13.3 Å². The molecule has 0 spiro atoms. The number of ether oxygens (including phenoxy) is 1. The summed E-state index contributed by atoms with van der Waals surface area (Å²) in [5.41, 5.74) is 3.13. The van der Waals surface area contributed by atoms with Gasteiger partial charge in [0, 0.05) is 37.4 Å². The summed E-state index contributed by atoms with van der Waals surface area (Å²) in [5, 5.41) is 2.65. The summed E-state index contributed by atoms with van der Waals surface area (Å²) in [6, 6.07) is 24.3. The first-order valence-electron chi connectivity index (χ1n) is 11.3. The zero-order valence-electron chi connectivity index (χ0n) is 19.0. The summed E-state index contributed by atoms with van der Waals surface area (Å²) >= 11 is 0. The molecular weight excluding hydrogens is 433 g/mol. The van der Waals surface area contributed by atoms with Gasteiger partial charge in [-0.3, -0.25) is 9.59 Å². The monoisotopic (exact) mass is 461 g/mol. The van der Waals surface area contributed by atoms with E-state index in [1.807, 2.05) is 54.6 Å². The van der Waals surface area contributed by atoms with E-state index in [4.69, 9.17) is 4.74 Å². The smallest absolute Gasteiger partial charge is 0.251 e. The molecule has 176 valence electrons. The van der Waals surface area contributed by atoms with Gasteiger partial charge in [-0.1, -0.05) is 42.5 Å². The van der Waals surface area contributed by atoms with E-state index in [-0.39, 0.29) is 18.4 Å². The largest absolute Gasteiger partial charge is 0.489 e. The van der Waals surface area contributed by atoms with Gasteiger partial charge in [0.2, 0.25) is 5.91 Å². The van der Waals surface area contributed by atoms with Crippen molar-refractivity contribution in [1.29, 1.82) is 0 Å². The highest BCUT2D eigenvalue weighted by molar-refractivity contribution is 5.96. The number of carbonyl (C=O) groups excluding carboxylic acids is 2. The summed E-state index contributed by atoms with van der Waals surface area (Å²) < 4.78 is 18.5. The number of hydrogen-bond donors (Lipinski definition) is 1. The van der Waals surface area contributed by atoms with Crippen LogP contribution in [-0.4, -0.2) is 49.4 Å². The van der Waals surface area contributed by atoms with Gasteiger partial charge in [-0.2, -0.15) is 0 Å². The molecule has 34 heavy (non-hydrogen) atoms. The molecule has 1 aliphatic rings. The Hall–Kier alpha value is -3.87. The number of halogens is 1. The zero-order valence-corrected chi connectivity index (χ0v) is 19.0. The van der Waals surface area contributed by atoms with Crippen LogP contribution in [0.1, 0.15) is 21.5 Å². The van der Waals surface area contributed by atoms with Gasteiger partial charge in [0.25, 0.3) is 5.91 Å². The van der Waals surface area contributed by atoms with Crippen LogP contribution in [0.15, 0.2) is 78.9 Å². The average Bonchev–Trinajstić information content (AvgIpc) is 2.91. The SMILES string of the molecule is O=C(NCC(=O)N1CCN(c2ccc(OCc3ccccc3)cc2)CC1)c1ccc(CF)cc1. The van der Waals surface area contributed by atoms with Gasteiger partial charge in [0.05, 0.1) is 6.54 Å². The summed E-state index contributed by atoms with van der Waals surface area (Å²) in [7, 11) is 0. The second kappa shape index (κ2) is 11.3. The van der Waals surface area contributed by atoms with Crippen LogP contribution in [0, 0.1) is 0 Å². The first-order chi connectivity index (χ1) is 16.6. The van der Waals surface area contributed by atoms with Crippen LogP contribution >= 0.6 is 0 Å². The fourth-order valence-electron chi connectivity index (χ4n) is 3.82. The third-order valence-electron chi connectivity index (χ3n) is 5.85. The Balaban J connectivity index is 1.21. The zero-order chi connectivity index (χ0) is 23.8. The van der Waals surface area contributed by atoms with E-state index in [2.05, 4.69) is 10.2 Å². The number of rotatable bonds is 8. The standard InChI is InChI=1S/C27H28FN3O3/c28-18-21-6-8-23(9-7-21)27(33)29-19-26(32)31-16-14-30(15-17-31)24-10-12-25(13-11-24)34-20-22-4-2-1-3-5-22/h1-13H,14-20H2,(H,29,33). The highest BCUT2D eigenvalue weighted by Crippen LogP contribution is 2.21. The molecule has 0 bridgehead atoms. The van der Waals surface area contributed by atoms with Crippen LogP contribution < -0.4 is 15.0 Å². The summed E-state index contributed by atoms with van der Waals surface area (Å²) in [4.78, 5) is 28.8. The van der Waals surface area contributed by atoms with Crippen molar-refractivity contribution in [2.24, 2.45) is 0 Å². The lowest BCUT2D eigenvalue weighted by Gasteiger charge is -2.36. The van der Waals surface area contributed by atoms with Crippen molar-refractivity contribution < 1.29 is 18.7 Å². The molecule has 1 N–H and O–H groups in total. The molecule has 3 aromatic carbocycles. The molecule has 4 rings (SSSR count). The van der Waals surface area contributed by atoms with E-state index in [0.717, 1.165) is 17.0 Å². The average molecular weight is 462 g/mol. The Morgan fingerprint density at radius 3 is 2.15 bits per heavy atom. The minimum atomic E-state index is -0.571. The second-order valence-corrected chi connectivity index (χ2v) is 8.15. The number of piperazine rings is 1. The minimum absolute atomic E-state index is 0.0584. The predicted octanol–water partition coefficient (Wildman–Crippen LogP) is 3.81. The lowest BCUT2D eigenvalue weighted by atomic mass is 10.1. The van der Waals surface area contributed by atoms with Crippen molar-refractivity contribution in [3.8, 4) is 5.75 Å². The molecule has 0 saturated carbocycles. The highest BCUT2D eigenvalue weighted by atomic mass is 19.1. The van der Waals surface area contributed by atoms with Gasteiger partial charge in [-0.15, -0.1) is 0 Å². The summed E-state index contributed by atoms with van der Waals surface area (Å²) in [6.07, 6.45) is 0. The Bertz CT molecular complexity index is 1080. The van der Waals surface area contributed by atoms with Gasteiger partial charge in [-0.05, 0) is 47.5 Å². The quantitative estimate of drug-likeness (QED) is 0.554. The number of hydrogen-bond acceptors (Lipinski definition) is 4. The van der Waals surface area contributed by atoms with E-state index in [9.17, 15) is 14.0 Å². The van der Waals surface area contributed by atoms with Gasteiger partial charge >= 0.3 is 0 Å². The van der Waals surface area contributed by atoms with Crippen molar-refractivity contribution in [3.63, 3.8) is 0 Å². The third-order valence-corrected chi connectivity index (χ3v) is 5.85. The molecule has 6 nitrogen and oxygen atoms in total. The number of anilines is 1. The fraction of sp³-hybridized carbons (Fsp3) is 0.259. The molecule has 1 saturated heterocycles. The number of nitrogens with zero attached hydrogens (tertiary/aromatic N) is 2. The van der Waals surface area contributed by atoms with Gasteiger partial charge in [-0.25, -0.2) is 4.39 Å². The predicted molar refractivity (Wildman–Crippen MR) is 130 cm³/mol. The van der Waals surface area contributed by atoms with Crippen molar-refractivity contribution >= 4 is 17.5 Å². The molecule has 3 aromatic rings. The number of carbonyl (C=O) groups is 2. The van der Waals surface area contributed by atoms with E-state index in [1.165, 1.54) is 0 Å². The van der Waals surface area contributed by atoms with Crippen molar-refractivity contribution in [2.75, 3.05) is 37.6 Å². The lowest BCUT2D eigenvalue weighted by Crippen LogP contribution is -2.51. The van der Waals surface area contributed by atoms with Gasteiger partial charge in [0.1, 0.15) is 19.0 Å². The summed E-state index contributed by atoms with van der Waals surface area (Å²) in [6.45, 7) is 2.51. The van der Waals surface area contributed by atoms with Crippen LogP contribution in [-0.2, 0) is 18.1 Å². The van der Waals surface area contributed by atoms with E-state index >= 15 is 0 Å². The molecule has 0 radical (unpaired) electrons. The minimum Gasteiger partial charge on any atom is -0.489 e. The third kappa shape index (κ3) is 6.13. The van der Waals surface area contributed by atoms with E-state index < -0.39 is 6.67 Å². The molecule has 7 heteroatoms. The van der Waals surface area contributed by atoms with Crippen LogP contribution in [0.2, 0.25) is 0 Å². The maximum absolute atomic E-state index is 12.6. The van der Waals surface area contributed by atoms with Gasteiger partial charge in [0.15, 0.2) is 0 Å². The van der Waals surface area contributed by atoms with Crippen LogP contribution in [0.25, 0.3) is 0 Å². The fourth-order valence-corrected chi connectivity index (χ4v) is 3.82. The molecule has 1 fully saturated rings. The molecule has 1 aliphatic heterocycles. The van der Waals surface area contributed by atoms with Crippen molar-refractivity contribution in [3.05, 3.63) is 95.6 Å². The molecule has 0 unspecified atom stereocenters. The summed E-state index contributed by atoms with van der Waals surface area (Å²) in [5.74, 6) is 0.362. The maximum Gasteiger partial charge on any atom is 0.251 e. The van der Waals surface area contributed by atoms with Crippen LogP contribution in [0.3, 0.4) is 0 Å². The first kappa shape index (κ1) is 23.3. The number of benzene rings is 3.